The molecule has 13 heavy (non-hydrogen) atoms. The van der Waals surface area contributed by atoms with Crippen molar-refractivity contribution in [1.29, 1.82) is 0 Å². The van der Waals surface area contributed by atoms with Crippen LogP contribution in [0.15, 0.2) is 0 Å². The summed E-state index contributed by atoms with van der Waals surface area (Å²) in [6.45, 7) is 6.81. The van der Waals surface area contributed by atoms with Crippen LogP contribution in [0.2, 0.25) is 0 Å². The average Bonchev–Trinajstić information content (AvgIpc) is 2.46. The van der Waals surface area contributed by atoms with Crippen molar-refractivity contribution >= 4 is 11.9 Å². The SMILES string of the molecule is CCN1CC2(COC(CSN)C2)C1. The van der Waals surface area contributed by atoms with Gasteiger partial charge >= 0.3 is 0 Å². The molecule has 2 N–H and O–H groups in total. The second kappa shape index (κ2) is 3.77. The van der Waals surface area contributed by atoms with Crippen molar-refractivity contribution in [2.45, 2.75) is 19.4 Å². The smallest absolute Gasteiger partial charge is 0.0685 e. The molecule has 1 unspecified atom stereocenters. The third kappa shape index (κ3) is 1.86. The average molecular weight is 202 g/mol. The highest BCUT2D eigenvalue weighted by Crippen LogP contribution is 2.41. The number of likely N-dealkylation sites (tertiary alicyclic amines) is 1. The Morgan fingerprint density at radius 2 is 2.38 bits per heavy atom. The lowest BCUT2D eigenvalue weighted by atomic mass is 9.78. The lowest BCUT2D eigenvalue weighted by Crippen LogP contribution is -2.56. The van der Waals surface area contributed by atoms with Crippen molar-refractivity contribution in [3.05, 3.63) is 0 Å². The van der Waals surface area contributed by atoms with Gasteiger partial charge in [0.2, 0.25) is 0 Å². The van der Waals surface area contributed by atoms with Crippen molar-refractivity contribution in [3.63, 3.8) is 0 Å². The number of ether oxygens (including phenoxy) is 1. The van der Waals surface area contributed by atoms with E-state index >= 15 is 0 Å². The molecule has 1 spiro atoms. The minimum atomic E-state index is 0.411. The maximum absolute atomic E-state index is 5.72. The Bertz CT molecular complexity index is 182. The molecule has 4 heteroatoms. The fraction of sp³-hybridized carbons (Fsp3) is 1.00. The first-order chi connectivity index (χ1) is 6.28. The van der Waals surface area contributed by atoms with Crippen LogP contribution in [0, 0.1) is 5.41 Å². The summed E-state index contributed by atoms with van der Waals surface area (Å²) in [4.78, 5) is 2.47. The molecule has 0 aromatic heterocycles. The van der Waals surface area contributed by atoms with Crippen LogP contribution in [0.3, 0.4) is 0 Å². The van der Waals surface area contributed by atoms with E-state index in [-0.39, 0.29) is 0 Å². The number of hydrogen-bond donors (Lipinski definition) is 1. The molecule has 76 valence electrons. The lowest BCUT2D eigenvalue weighted by molar-refractivity contribution is -0.00441. The largest absolute Gasteiger partial charge is 0.377 e. The van der Waals surface area contributed by atoms with Crippen LogP contribution in [0.1, 0.15) is 13.3 Å². The van der Waals surface area contributed by atoms with Gasteiger partial charge in [-0.25, -0.2) is 0 Å². The third-order valence-corrected chi connectivity index (χ3v) is 3.70. The predicted molar refractivity (Wildman–Crippen MR) is 55.5 cm³/mol. The normalized spacial score (nSPS) is 32.3. The molecule has 0 amide bonds. The summed E-state index contributed by atoms with van der Waals surface area (Å²) in [5, 5.41) is 5.44. The summed E-state index contributed by atoms with van der Waals surface area (Å²) in [6.07, 6.45) is 1.63. The first-order valence-corrected chi connectivity index (χ1v) is 5.98. The van der Waals surface area contributed by atoms with Crippen LogP contribution in [0.4, 0.5) is 0 Å². The summed E-state index contributed by atoms with van der Waals surface area (Å²) in [7, 11) is 0. The van der Waals surface area contributed by atoms with E-state index in [0.717, 1.165) is 12.4 Å². The maximum Gasteiger partial charge on any atom is 0.0685 e. The molecule has 3 nitrogen and oxygen atoms in total. The maximum atomic E-state index is 5.72. The molecular weight excluding hydrogens is 184 g/mol. The van der Waals surface area contributed by atoms with Crippen molar-refractivity contribution in [3.8, 4) is 0 Å². The minimum absolute atomic E-state index is 0.411. The highest BCUT2D eigenvalue weighted by atomic mass is 32.2. The third-order valence-electron chi connectivity index (χ3n) is 3.13. The zero-order chi connectivity index (χ0) is 9.31. The Morgan fingerprint density at radius 1 is 1.62 bits per heavy atom. The first-order valence-electron chi connectivity index (χ1n) is 4.94. The lowest BCUT2D eigenvalue weighted by Gasteiger charge is -2.47. The molecule has 2 rings (SSSR count). The monoisotopic (exact) mass is 202 g/mol. The van der Waals surface area contributed by atoms with E-state index in [0.29, 0.717) is 11.5 Å². The van der Waals surface area contributed by atoms with E-state index in [4.69, 9.17) is 9.88 Å². The van der Waals surface area contributed by atoms with Gasteiger partial charge in [0.1, 0.15) is 0 Å². The van der Waals surface area contributed by atoms with Crippen LogP contribution in [0.25, 0.3) is 0 Å². The van der Waals surface area contributed by atoms with E-state index in [1.165, 1.54) is 38.0 Å². The van der Waals surface area contributed by atoms with Gasteiger partial charge in [-0.2, -0.15) is 0 Å². The van der Waals surface area contributed by atoms with Gasteiger partial charge < -0.3 is 9.64 Å². The van der Waals surface area contributed by atoms with Gasteiger partial charge in [0.15, 0.2) is 0 Å². The number of nitrogens with two attached hydrogens (primary N) is 1. The summed E-state index contributed by atoms with van der Waals surface area (Å²) in [5.74, 6) is 0.952. The van der Waals surface area contributed by atoms with Crippen LogP contribution in [-0.2, 0) is 4.74 Å². The first kappa shape index (κ1) is 9.77. The van der Waals surface area contributed by atoms with Gasteiger partial charge in [0.05, 0.1) is 12.7 Å². The van der Waals surface area contributed by atoms with Crippen molar-refractivity contribution in [2.24, 2.45) is 10.6 Å². The van der Waals surface area contributed by atoms with Crippen LogP contribution < -0.4 is 5.14 Å². The van der Waals surface area contributed by atoms with E-state index in [2.05, 4.69) is 11.8 Å². The molecule has 2 aliphatic rings. The molecule has 0 radical (unpaired) electrons. The summed E-state index contributed by atoms with van der Waals surface area (Å²) in [5.41, 5.74) is 0.496. The summed E-state index contributed by atoms with van der Waals surface area (Å²) in [6, 6.07) is 0. The Balaban J connectivity index is 1.79. The zero-order valence-electron chi connectivity index (χ0n) is 8.16. The van der Waals surface area contributed by atoms with Gasteiger partial charge in [-0.05, 0) is 13.0 Å². The molecule has 0 aromatic rings. The molecule has 1 atom stereocenters. The highest BCUT2D eigenvalue weighted by molar-refractivity contribution is 7.97. The fourth-order valence-corrected chi connectivity index (χ4v) is 2.88. The molecule has 0 bridgehead atoms. The van der Waals surface area contributed by atoms with Crippen LogP contribution in [0.5, 0.6) is 0 Å². The molecule has 0 aromatic carbocycles. The number of rotatable bonds is 3. The Kier molecular flexibility index (Phi) is 2.83. The van der Waals surface area contributed by atoms with Crippen LogP contribution >= 0.6 is 11.9 Å². The van der Waals surface area contributed by atoms with Gasteiger partial charge in [0, 0.05) is 24.3 Å². The minimum Gasteiger partial charge on any atom is -0.377 e. The Labute approximate surface area is 84.1 Å². The highest BCUT2D eigenvalue weighted by Gasteiger charge is 2.48. The summed E-state index contributed by atoms with van der Waals surface area (Å²) >= 11 is 1.40. The van der Waals surface area contributed by atoms with Crippen molar-refractivity contribution < 1.29 is 4.74 Å². The molecule has 0 saturated carbocycles. The second-order valence-electron chi connectivity index (χ2n) is 4.27. The van der Waals surface area contributed by atoms with Gasteiger partial charge in [-0.3, -0.25) is 5.14 Å². The summed E-state index contributed by atoms with van der Waals surface area (Å²) < 4.78 is 5.72. The van der Waals surface area contributed by atoms with E-state index < -0.39 is 0 Å². The quantitative estimate of drug-likeness (QED) is 0.684. The Hall–Kier alpha value is 0.230. The fourth-order valence-electron chi connectivity index (χ4n) is 2.46. The van der Waals surface area contributed by atoms with E-state index in [1.807, 2.05) is 0 Å². The van der Waals surface area contributed by atoms with Crippen molar-refractivity contribution in [1.82, 2.24) is 4.90 Å². The van der Waals surface area contributed by atoms with Gasteiger partial charge in [0.25, 0.3) is 0 Å². The topological polar surface area (TPSA) is 38.5 Å². The standard InChI is InChI=1S/C9H18N2OS/c1-2-11-5-9(6-11)3-8(4-13-10)12-7-9/h8H,2-7,10H2,1H3. The van der Waals surface area contributed by atoms with Crippen molar-refractivity contribution in [2.75, 3.05) is 32.0 Å². The van der Waals surface area contributed by atoms with E-state index in [1.54, 1.807) is 0 Å². The number of nitrogens with zero attached hydrogens (tertiary/aromatic N) is 1. The second-order valence-corrected chi connectivity index (χ2v) is 4.94. The Morgan fingerprint density at radius 3 is 3.00 bits per heavy atom. The molecule has 2 aliphatic heterocycles. The predicted octanol–water partition coefficient (Wildman–Crippen LogP) is 0.704. The molecule has 2 saturated heterocycles. The van der Waals surface area contributed by atoms with E-state index in [9.17, 15) is 0 Å². The van der Waals surface area contributed by atoms with Gasteiger partial charge in [-0.1, -0.05) is 18.9 Å². The molecular formula is C9H18N2OS. The van der Waals surface area contributed by atoms with Gasteiger partial charge in [-0.15, -0.1) is 0 Å². The molecule has 2 fully saturated rings. The zero-order valence-corrected chi connectivity index (χ0v) is 8.98. The van der Waals surface area contributed by atoms with Crippen LogP contribution in [-0.4, -0.2) is 43.0 Å². The number of hydrogen-bond acceptors (Lipinski definition) is 4. The molecule has 2 heterocycles. The molecule has 0 aliphatic carbocycles.